The van der Waals surface area contributed by atoms with Gasteiger partial charge in [0, 0.05) is 0 Å². The van der Waals surface area contributed by atoms with Gasteiger partial charge in [0.2, 0.25) is 0 Å². The lowest BCUT2D eigenvalue weighted by molar-refractivity contribution is 0.144. The van der Waals surface area contributed by atoms with Crippen LogP contribution in [0.1, 0.15) is 94.4 Å². The van der Waals surface area contributed by atoms with Crippen LogP contribution in [0.3, 0.4) is 0 Å². The lowest BCUT2D eigenvalue weighted by Crippen LogP contribution is -2.27. The monoisotopic (exact) mass is 256 g/mol. The molecule has 0 aromatic heterocycles. The summed E-state index contributed by atoms with van der Waals surface area (Å²) in [5.41, 5.74) is 0.470. The highest BCUT2D eigenvalue weighted by Crippen LogP contribution is 2.37. The Morgan fingerprint density at radius 1 is 0.833 bits per heavy atom. The maximum absolute atomic E-state index is 2.38. The average Bonchev–Trinajstić information content (AvgIpc) is 2.25. The number of hydrogen-bond donors (Lipinski definition) is 0. The van der Waals surface area contributed by atoms with E-state index in [0.717, 1.165) is 17.8 Å². The minimum atomic E-state index is 0.470. The number of unbranched alkanes of at least 4 members (excludes halogenated alkanes) is 2. The standard InChI is InChI=1S/C13H28.C5H12/c1-8-11(4)9-12(10(2)3)13(5,6)7;1-3-5-4-2/h10-12H,8-9H2,1-7H3;3-5H2,1-2H3. The second-order valence-electron chi connectivity index (χ2n) is 7.32. The van der Waals surface area contributed by atoms with E-state index < -0.39 is 0 Å². The predicted molar refractivity (Wildman–Crippen MR) is 87.1 cm³/mol. The molecule has 0 aliphatic heterocycles. The summed E-state index contributed by atoms with van der Waals surface area (Å²) in [6, 6.07) is 0. The molecule has 0 aliphatic rings. The van der Waals surface area contributed by atoms with E-state index >= 15 is 0 Å². The fourth-order valence-electron chi connectivity index (χ4n) is 2.58. The van der Waals surface area contributed by atoms with Gasteiger partial charge in [0.1, 0.15) is 0 Å². The number of rotatable bonds is 6. The Balaban J connectivity index is 0. The highest BCUT2D eigenvalue weighted by Gasteiger charge is 2.28. The van der Waals surface area contributed by atoms with Gasteiger partial charge in [0.15, 0.2) is 0 Å². The fourth-order valence-corrected chi connectivity index (χ4v) is 2.58. The molecule has 0 rings (SSSR count). The van der Waals surface area contributed by atoms with E-state index in [4.69, 9.17) is 0 Å². The van der Waals surface area contributed by atoms with Crippen molar-refractivity contribution >= 4 is 0 Å². The zero-order chi connectivity index (χ0) is 14.8. The Kier molecular flexibility index (Phi) is 12.3. The normalized spacial score (nSPS) is 15.0. The molecule has 0 heterocycles. The summed E-state index contributed by atoms with van der Waals surface area (Å²) < 4.78 is 0. The van der Waals surface area contributed by atoms with Crippen molar-refractivity contribution in [2.45, 2.75) is 94.4 Å². The van der Waals surface area contributed by atoms with Crippen molar-refractivity contribution in [2.75, 3.05) is 0 Å². The van der Waals surface area contributed by atoms with Crippen LogP contribution in [0.4, 0.5) is 0 Å². The van der Waals surface area contributed by atoms with E-state index in [-0.39, 0.29) is 0 Å². The lowest BCUT2D eigenvalue weighted by atomic mass is 9.70. The summed E-state index contributed by atoms with van der Waals surface area (Å²) in [6.45, 7) is 20.9. The summed E-state index contributed by atoms with van der Waals surface area (Å²) in [4.78, 5) is 0. The molecular formula is C18H40. The molecule has 0 N–H and O–H groups in total. The Bertz CT molecular complexity index is 159. The molecule has 0 saturated carbocycles. The van der Waals surface area contributed by atoms with Crippen LogP contribution < -0.4 is 0 Å². The Morgan fingerprint density at radius 3 is 1.44 bits per heavy atom. The lowest BCUT2D eigenvalue weighted by Gasteiger charge is -2.35. The van der Waals surface area contributed by atoms with Crippen molar-refractivity contribution in [3.8, 4) is 0 Å². The van der Waals surface area contributed by atoms with E-state index in [1.165, 1.54) is 32.1 Å². The first kappa shape index (κ1) is 20.3. The van der Waals surface area contributed by atoms with Crippen molar-refractivity contribution in [1.82, 2.24) is 0 Å². The molecule has 18 heavy (non-hydrogen) atoms. The zero-order valence-corrected chi connectivity index (χ0v) is 14.8. The van der Waals surface area contributed by atoms with Gasteiger partial charge in [-0.1, -0.05) is 88.0 Å². The summed E-state index contributed by atoms with van der Waals surface area (Å²) in [7, 11) is 0. The van der Waals surface area contributed by atoms with Crippen molar-refractivity contribution in [3.05, 3.63) is 0 Å². The molecule has 0 aliphatic carbocycles. The third-order valence-electron chi connectivity index (χ3n) is 3.98. The molecule has 0 aromatic rings. The Labute approximate surface area is 118 Å². The minimum absolute atomic E-state index is 0.470. The third kappa shape index (κ3) is 11.1. The molecular weight excluding hydrogens is 216 g/mol. The van der Waals surface area contributed by atoms with Crippen LogP contribution in [0.5, 0.6) is 0 Å². The quantitative estimate of drug-likeness (QED) is 0.483. The van der Waals surface area contributed by atoms with Gasteiger partial charge in [-0.25, -0.2) is 0 Å². The van der Waals surface area contributed by atoms with Gasteiger partial charge in [-0.05, 0) is 29.6 Å². The maximum Gasteiger partial charge on any atom is -0.0340 e. The molecule has 0 amide bonds. The summed E-state index contributed by atoms with van der Waals surface area (Å²) in [5.74, 6) is 2.56. The van der Waals surface area contributed by atoms with Crippen LogP contribution >= 0.6 is 0 Å². The molecule has 0 bridgehead atoms. The van der Waals surface area contributed by atoms with Crippen LogP contribution in [-0.4, -0.2) is 0 Å². The van der Waals surface area contributed by atoms with Crippen LogP contribution in [0, 0.1) is 23.2 Å². The van der Waals surface area contributed by atoms with Crippen LogP contribution in [0.15, 0.2) is 0 Å². The number of hydrogen-bond acceptors (Lipinski definition) is 0. The molecule has 2 atom stereocenters. The first-order chi connectivity index (χ1) is 8.20. The van der Waals surface area contributed by atoms with Crippen molar-refractivity contribution in [3.63, 3.8) is 0 Å². The second-order valence-corrected chi connectivity index (χ2v) is 7.32. The molecule has 0 fully saturated rings. The molecule has 112 valence electrons. The van der Waals surface area contributed by atoms with Gasteiger partial charge >= 0.3 is 0 Å². The highest BCUT2D eigenvalue weighted by atomic mass is 14.3. The molecule has 0 nitrogen and oxygen atoms in total. The first-order valence-electron chi connectivity index (χ1n) is 8.20. The van der Waals surface area contributed by atoms with Gasteiger partial charge in [-0.3, -0.25) is 0 Å². The largest absolute Gasteiger partial charge is 0.0654 e. The van der Waals surface area contributed by atoms with Crippen LogP contribution in [-0.2, 0) is 0 Å². The molecule has 0 aromatic carbocycles. The van der Waals surface area contributed by atoms with E-state index in [9.17, 15) is 0 Å². The predicted octanol–water partition coefficient (Wildman–Crippen LogP) is 6.94. The molecule has 0 heteroatoms. The summed E-state index contributed by atoms with van der Waals surface area (Å²) >= 11 is 0. The Morgan fingerprint density at radius 2 is 1.28 bits per heavy atom. The van der Waals surface area contributed by atoms with Crippen molar-refractivity contribution < 1.29 is 0 Å². The van der Waals surface area contributed by atoms with E-state index in [1.807, 2.05) is 0 Å². The van der Waals surface area contributed by atoms with Crippen molar-refractivity contribution in [2.24, 2.45) is 23.2 Å². The second kappa shape index (κ2) is 10.9. The molecule has 0 saturated heterocycles. The van der Waals surface area contributed by atoms with E-state index in [0.29, 0.717) is 5.41 Å². The Hall–Kier alpha value is 0. The fraction of sp³-hybridized carbons (Fsp3) is 1.00. The average molecular weight is 257 g/mol. The van der Waals surface area contributed by atoms with Crippen LogP contribution in [0.25, 0.3) is 0 Å². The van der Waals surface area contributed by atoms with Gasteiger partial charge in [-0.15, -0.1) is 0 Å². The topological polar surface area (TPSA) is 0 Å². The summed E-state index contributed by atoms with van der Waals surface area (Å²) in [5, 5.41) is 0. The van der Waals surface area contributed by atoms with E-state index in [1.54, 1.807) is 0 Å². The zero-order valence-electron chi connectivity index (χ0n) is 14.8. The molecule has 0 radical (unpaired) electrons. The van der Waals surface area contributed by atoms with Gasteiger partial charge < -0.3 is 0 Å². The minimum Gasteiger partial charge on any atom is -0.0654 e. The van der Waals surface area contributed by atoms with Gasteiger partial charge in [-0.2, -0.15) is 0 Å². The van der Waals surface area contributed by atoms with Gasteiger partial charge in [0.25, 0.3) is 0 Å². The SMILES string of the molecule is CCC(C)CC(C(C)C)C(C)(C)C.CCCCC. The van der Waals surface area contributed by atoms with Crippen molar-refractivity contribution in [1.29, 1.82) is 0 Å². The third-order valence-corrected chi connectivity index (χ3v) is 3.98. The smallest absolute Gasteiger partial charge is 0.0340 e. The molecule has 0 spiro atoms. The highest BCUT2D eigenvalue weighted by molar-refractivity contribution is 4.77. The van der Waals surface area contributed by atoms with Gasteiger partial charge in [0.05, 0.1) is 0 Å². The van der Waals surface area contributed by atoms with Crippen LogP contribution in [0.2, 0.25) is 0 Å². The molecule has 2 unspecified atom stereocenters. The first-order valence-corrected chi connectivity index (χ1v) is 8.20. The van der Waals surface area contributed by atoms with E-state index in [2.05, 4.69) is 62.3 Å². The maximum atomic E-state index is 2.38. The summed E-state index contributed by atoms with van der Waals surface area (Å²) in [6.07, 6.45) is 6.78.